The first-order valence-electron chi connectivity index (χ1n) is 8.62. The van der Waals surface area contributed by atoms with E-state index in [1.807, 2.05) is 17.9 Å². The van der Waals surface area contributed by atoms with E-state index in [1.54, 1.807) is 6.07 Å². The van der Waals surface area contributed by atoms with E-state index in [1.165, 1.54) is 12.1 Å². The zero-order valence-corrected chi connectivity index (χ0v) is 14.3. The molecule has 6 nitrogen and oxygen atoms in total. The summed E-state index contributed by atoms with van der Waals surface area (Å²) in [7, 11) is 0. The van der Waals surface area contributed by atoms with Crippen LogP contribution in [0.2, 0.25) is 0 Å². The van der Waals surface area contributed by atoms with Crippen molar-refractivity contribution in [2.45, 2.75) is 38.5 Å². The second-order valence-corrected chi connectivity index (χ2v) is 6.80. The normalized spacial score (nSPS) is 19.0. The molecule has 2 N–H and O–H groups in total. The van der Waals surface area contributed by atoms with Crippen molar-refractivity contribution in [3.05, 3.63) is 41.5 Å². The van der Waals surface area contributed by atoms with Gasteiger partial charge in [-0.15, -0.1) is 5.10 Å². The van der Waals surface area contributed by atoms with Crippen molar-refractivity contribution in [2.75, 3.05) is 18.8 Å². The number of amides is 1. The Morgan fingerprint density at radius 3 is 3.04 bits per heavy atom. The van der Waals surface area contributed by atoms with Crippen LogP contribution in [0.1, 0.15) is 43.6 Å². The predicted octanol–water partition coefficient (Wildman–Crippen LogP) is 2.77. The molecule has 0 saturated carbocycles. The van der Waals surface area contributed by atoms with Crippen LogP contribution < -0.4 is 5.73 Å². The largest absolute Gasteiger partial charge is 0.408 e. The van der Waals surface area contributed by atoms with E-state index < -0.39 is 0 Å². The fourth-order valence-corrected chi connectivity index (χ4v) is 3.38. The summed E-state index contributed by atoms with van der Waals surface area (Å²) in [6.45, 7) is 3.34. The minimum Gasteiger partial charge on any atom is -0.408 e. The summed E-state index contributed by atoms with van der Waals surface area (Å²) in [4.78, 5) is 14.5. The maximum absolute atomic E-state index is 13.3. The molecular weight excluding hydrogens is 323 g/mol. The average molecular weight is 346 g/mol. The summed E-state index contributed by atoms with van der Waals surface area (Å²) in [6.07, 6.45) is 2.93. The third-order valence-corrected chi connectivity index (χ3v) is 4.58. The number of halogens is 1. The molecule has 0 spiro atoms. The van der Waals surface area contributed by atoms with Gasteiger partial charge < -0.3 is 15.1 Å². The first-order valence-corrected chi connectivity index (χ1v) is 8.62. The number of rotatable bonds is 5. The maximum atomic E-state index is 13.3. The number of nitrogens with two attached hydrogens (primary N) is 1. The minimum absolute atomic E-state index is 0.0426. The lowest BCUT2D eigenvalue weighted by molar-refractivity contribution is -0.133. The van der Waals surface area contributed by atoms with Crippen molar-refractivity contribution in [2.24, 2.45) is 5.92 Å². The predicted molar refractivity (Wildman–Crippen MR) is 91.2 cm³/mol. The van der Waals surface area contributed by atoms with Gasteiger partial charge in [-0.1, -0.05) is 24.2 Å². The molecule has 1 aromatic heterocycles. The Morgan fingerprint density at radius 1 is 1.48 bits per heavy atom. The number of benzene rings is 1. The van der Waals surface area contributed by atoms with Gasteiger partial charge in [-0.2, -0.15) is 0 Å². The number of aromatic nitrogens is 2. The highest BCUT2D eigenvalue weighted by molar-refractivity contribution is 5.76. The van der Waals surface area contributed by atoms with E-state index in [2.05, 4.69) is 10.2 Å². The molecule has 25 heavy (non-hydrogen) atoms. The van der Waals surface area contributed by atoms with Gasteiger partial charge in [0.05, 0.1) is 5.92 Å². The topological polar surface area (TPSA) is 85.2 Å². The maximum Gasteiger partial charge on any atom is 0.312 e. The van der Waals surface area contributed by atoms with Crippen LogP contribution in [-0.2, 0) is 11.2 Å². The number of carbonyl (C=O) groups excluding carboxylic acids is 1. The highest BCUT2D eigenvalue weighted by Gasteiger charge is 2.28. The molecule has 0 aliphatic carbocycles. The molecule has 134 valence electrons. The number of carbonyl (C=O) groups is 1. The standard InChI is InChI=1S/C18H23FN4O2/c1-12(8-13-4-2-6-15(19)10-13)9-16(24)23-7-3-5-14(11-23)17-21-22-18(20)25-17/h2,4,6,10,12,14H,3,5,7-9,11H2,1H3,(H2,20,22). The third-order valence-electron chi connectivity index (χ3n) is 4.58. The number of likely N-dealkylation sites (tertiary alicyclic amines) is 1. The van der Waals surface area contributed by atoms with Crippen LogP contribution >= 0.6 is 0 Å². The summed E-state index contributed by atoms with van der Waals surface area (Å²) in [5.41, 5.74) is 6.40. The molecule has 2 unspecified atom stereocenters. The summed E-state index contributed by atoms with van der Waals surface area (Å²) in [6, 6.07) is 6.60. The van der Waals surface area contributed by atoms with Crippen molar-refractivity contribution in [1.29, 1.82) is 0 Å². The molecule has 2 aromatic rings. The molecule has 2 atom stereocenters. The summed E-state index contributed by atoms with van der Waals surface area (Å²) in [5.74, 6) is 0.562. The fraction of sp³-hybridized carbons (Fsp3) is 0.500. The van der Waals surface area contributed by atoms with Crippen LogP contribution in [0.5, 0.6) is 0 Å². The van der Waals surface area contributed by atoms with Gasteiger partial charge in [-0.3, -0.25) is 4.79 Å². The van der Waals surface area contributed by atoms with Crippen LogP contribution in [0.15, 0.2) is 28.7 Å². The van der Waals surface area contributed by atoms with Gasteiger partial charge in [-0.05, 0) is 42.9 Å². The van der Waals surface area contributed by atoms with Gasteiger partial charge >= 0.3 is 6.01 Å². The van der Waals surface area contributed by atoms with Crippen molar-refractivity contribution in [3.8, 4) is 0 Å². The quantitative estimate of drug-likeness (QED) is 0.900. The monoisotopic (exact) mass is 346 g/mol. The van der Waals surface area contributed by atoms with Crippen molar-refractivity contribution in [3.63, 3.8) is 0 Å². The highest BCUT2D eigenvalue weighted by Crippen LogP contribution is 2.27. The van der Waals surface area contributed by atoms with Crippen LogP contribution in [0.4, 0.5) is 10.4 Å². The van der Waals surface area contributed by atoms with E-state index >= 15 is 0 Å². The Kier molecular flexibility index (Phi) is 5.31. The second kappa shape index (κ2) is 7.63. The fourth-order valence-electron chi connectivity index (χ4n) is 3.38. The lowest BCUT2D eigenvalue weighted by atomic mass is 9.95. The molecule has 0 bridgehead atoms. The van der Waals surface area contributed by atoms with Gasteiger partial charge in [0.25, 0.3) is 0 Å². The zero-order chi connectivity index (χ0) is 17.8. The number of hydrogen-bond donors (Lipinski definition) is 1. The third kappa shape index (κ3) is 4.55. The second-order valence-electron chi connectivity index (χ2n) is 6.80. The molecular formula is C18H23FN4O2. The van der Waals surface area contributed by atoms with E-state index in [4.69, 9.17) is 10.2 Å². The first-order chi connectivity index (χ1) is 12.0. The molecule has 1 aromatic carbocycles. The smallest absolute Gasteiger partial charge is 0.312 e. The zero-order valence-electron chi connectivity index (χ0n) is 14.3. The summed E-state index contributed by atoms with van der Waals surface area (Å²) in [5, 5.41) is 7.63. The number of piperidine rings is 1. The lowest BCUT2D eigenvalue weighted by Gasteiger charge is -2.31. The van der Waals surface area contributed by atoms with Crippen molar-refractivity contribution < 1.29 is 13.6 Å². The molecule has 3 rings (SSSR count). The van der Waals surface area contributed by atoms with Crippen LogP contribution in [-0.4, -0.2) is 34.1 Å². The van der Waals surface area contributed by atoms with Gasteiger partial charge in [0.2, 0.25) is 11.8 Å². The average Bonchev–Trinajstić information content (AvgIpc) is 3.01. The van der Waals surface area contributed by atoms with Crippen LogP contribution in [0.3, 0.4) is 0 Å². The number of nitrogen functional groups attached to an aromatic ring is 1. The molecule has 2 heterocycles. The van der Waals surface area contributed by atoms with Crippen molar-refractivity contribution in [1.82, 2.24) is 15.1 Å². The summed E-state index contributed by atoms with van der Waals surface area (Å²) >= 11 is 0. The van der Waals surface area contributed by atoms with Crippen LogP contribution in [0.25, 0.3) is 0 Å². The Hall–Kier alpha value is -2.44. The Bertz CT molecular complexity index is 733. The highest BCUT2D eigenvalue weighted by atomic mass is 19.1. The molecule has 1 aliphatic rings. The molecule has 1 fully saturated rings. The number of hydrogen-bond acceptors (Lipinski definition) is 5. The first kappa shape index (κ1) is 17.4. The molecule has 1 saturated heterocycles. The number of anilines is 1. The minimum atomic E-state index is -0.242. The number of nitrogens with zero attached hydrogens (tertiary/aromatic N) is 3. The Morgan fingerprint density at radius 2 is 2.32 bits per heavy atom. The molecule has 7 heteroatoms. The summed E-state index contributed by atoms with van der Waals surface area (Å²) < 4.78 is 18.6. The molecule has 1 amide bonds. The van der Waals surface area contributed by atoms with Crippen LogP contribution in [0, 0.1) is 11.7 Å². The molecule has 1 aliphatic heterocycles. The van der Waals surface area contributed by atoms with Gasteiger partial charge in [0.1, 0.15) is 5.82 Å². The SMILES string of the molecule is CC(CC(=O)N1CCCC(c2nnc(N)o2)C1)Cc1cccc(F)c1. The lowest BCUT2D eigenvalue weighted by Crippen LogP contribution is -2.39. The van der Waals surface area contributed by atoms with Gasteiger partial charge in [0, 0.05) is 19.5 Å². The van der Waals surface area contributed by atoms with E-state index in [0.29, 0.717) is 25.3 Å². The van der Waals surface area contributed by atoms with Gasteiger partial charge in [0.15, 0.2) is 0 Å². The van der Waals surface area contributed by atoms with E-state index in [0.717, 1.165) is 24.9 Å². The molecule has 0 radical (unpaired) electrons. The van der Waals surface area contributed by atoms with E-state index in [-0.39, 0.29) is 29.6 Å². The Labute approximate surface area is 146 Å². The Balaban J connectivity index is 1.55. The van der Waals surface area contributed by atoms with Crippen molar-refractivity contribution >= 4 is 11.9 Å². The van der Waals surface area contributed by atoms with Gasteiger partial charge in [-0.25, -0.2) is 4.39 Å². The van der Waals surface area contributed by atoms with E-state index in [9.17, 15) is 9.18 Å².